The minimum atomic E-state index is -4.05. The number of nitriles is 1. The summed E-state index contributed by atoms with van der Waals surface area (Å²) in [6.45, 7) is -0.0628. The lowest BCUT2D eigenvalue weighted by Crippen LogP contribution is -2.31. The van der Waals surface area contributed by atoms with Crippen LogP contribution in [0.4, 0.5) is 5.69 Å². The summed E-state index contributed by atoms with van der Waals surface area (Å²) < 4.78 is 33.7. The van der Waals surface area contributed by atoms with Gasteiger partial charge in [-0.15, -0.1) is 0 Å². The molecule has 3 aromatic rings. The summed E-state index contributed by atoms with van der Waals surface area (Å²) in [6, 6.07) is 19.8. The van der Waals surface area contributed by atoms with Gasteiger partial charge in [-0.05, 0) is 42.0 Å². The van der Waals surface area contributed by atoms with Crippen molar-refractivity contribution >= 4 is 38.9 Å². The summed E-state index contributed by atoms with van der Waals surface area (Å²) in [5.41, 5.74) is 1.29. The summed E-state index contributed by atoms with van der Waals surface area (Å²) in [5.74, 6) is 0.380. The molecule has 0 radical (unpaired) electrons. The van der Waals surface area contributed by atoms with Crippen LogP contribution < -0.4 is 9.04 Å². The quantitative estimate of drug-likeness (QED) is 0.516. The molecule has 0 atom stereocenters. The molecular weight excluding hydrogens is 431 g/mol. The molecule has 3 rings (SSSR count). The number of anilines is 1. The Morgan fingerprint density at radius 2 is 1.69 bits per heavy atom. The predicted molar refractivity (Wildman–Crippen MR) is 114 cm³/mol. The molecule has 148 valence electrons. The highest BCUT2D eigenvalue weighted by Gasteiger charge is 2.28. The number of hydrogen-bond donors (Lipinski definition) is 0. The molecule has 0 bridgehead atoms. The van der Waals surface area contributed by atoms with Crippen LogP contribution in [0.1, 0.15) is 11.1 Å². The van der Waals surface area contributed by atoms with E-state index in [1.54, 1.807) is 48.5 Å². The highest BCUT2D eigenvalue weighted by atomic mass is 35.5. The summed E-state index contributed by atoms with van der Waals surface area (Å²) in [4.78, 5) is -0.0211. The number of halogens is 2. The van der Waals surface area contributed by atoms with Gasteiger partial charge in [0.25, 0.3) is 10.0 Å². The maximum absolute atomic E-state index is 13.6. The molecule has 0 fully saturated rings. The molecule has 0 aliphatic carbocycles. The fourth-order valence-electron chi connectivity index (χ4n) is 2.82. The highest BCUT2D eigenvalue weighted by molar-refractivity contribution is 7.92. The highest BCUT2D eigenvalue weighted by Crippen LogP contribution is 2.35. The van der Waals surface area contributed by atoms with Crippen LogP contribution in [-0.4, -0.2) is 15.5 Å². The number of para-hydroxylation sites is 2. The first-order chi connectivity index (χ1) is 13.9. The third-order valence-corrected chi connectivity index (χ3v) is 6.78. The lowest BCUT2D eigenvalue weighted by molar-refractivity contribution is 0.415. The van der Waals surface area contributed by atoms with Gasteiger partial charge in [-0.3, -0.25) is 4.31 Å². The first-order valence-corrected chi connectivity index (χ1v) is 10.7. The van der Waals surface area contributed by atoms with Crippen molar-refractivity contribution in [3.63, 3.8) is 0 Å². The van der Waals surface area contributed by atoms with Gasteiger partial charge < -0.3 is 4.74 Å². The minimum absolute atomic E-state index is 0.0211. The maximum Gasteiger partial charge on any atom is 0.264 e. The summed E-state index contributed by atoms with van der Waals surface area (Å²) in [6.07, 6.45) is 0. The number of sulfonamides is 1. The SMILES string of the molecule is COc1ccccc1N(Cc1ccccc1C#N)S(=O)(=O)c1ccc(Cl)c(Cl)c1. The van der Waals surface area contributed by atoms with E-state index in [1.165, 1.54) is 29.6 Å². The van der Waals surface area contributed by atoms with Gasteiger partial charge in [0, 0.05) is 0 Å². The standard InChI is InChI=1S/C21H16Cl2N2O3S/c1-28-21-9-5-4-8-20(21)25(14-16-7-3-2-6-15(16)13-24)29(26,27)17-10-11-18(22)19(23)12-17/h2-12H,14H2,1H3. The zero-order valence-corrected chi connectivity index (χ0v) is 17.7. The third-order valence-electron chi connectivity index (χ3n) is 4.28. The third kappa shape index (κ3) is 4.33. The van der Waals surface area contributed by atoms with Crippen molar-refractivity contribution in [1.82, 2.24) is 0 Å². The molecular formula is C21H16Cl2N2O3S. The normalized spacial score (nSPS) is 11.0. The lowest BCUT2D eigenvalue weighted by atomic mass is 10.1. The Kier molecular flexibility index (Phi) is 6.33. The first-order valence-electron chi connectivity index (χ1n) is 8.47. The van der Waals surface area contributed by atoms with E-state index >= 15 is 0 Å². The van der Waals surface area contributed by atoms with Gasteiger partial charge in [-0.2, -0.15) is 5.26 Å². The van der Waals surface area contributed by atoms with Crippen LogP contribution in [-0.2, 0) is 16.6 Å². The van der Waals surface area contributed by atoms with Crippen molar-refractivity contribution in [3.05, 3.63) is 87.9 Å². The van der Waals surface area contributed by atoms with E-state index in [4.69, 9.17) is 27.9 Å². The average molecular weight is 447 g/mol. The van der Waals surface area contributed by atoms with Gasteiger partial charge in [0.05, 0.1) is 45.9 Å². The van der Waals surface area contributed by atoms with Crippen LogP contribution in [0, 0.1) is 11.3 Å². The zero-order valence-electron chi connectivity index (χ0n) is 15.3. The molecule has 5 nitrogen and oxygen atoms in total. The number of rotatable bonds is 6. The Hall–Kier alpha value is -2.72. The number of nitrogens with zero attached hydrogens (tertiary/aromatic N) is 2. The monoisotopic (exact) mass is 446 g/mol. The maximum atomic E-state index is 13.6. The van der Waals surface area contributed by atoms with E-state index in [9.17, 15) is 13.7 Å². The second-order valence-corrected chi connectivity index (χ2v) is 8.71. The number of benzene rings is 3. The molecule has 0 unspecified atom stereocenters. The molecule has 0 N–H and O–H groups in total. The number of methoxy groups -OCH3 is 1. The van der Waals surface area contributed by atoms with Crippen LogP contribution >= 0.6 is 23.2 Å². The Labute approximate surface area is 179 Å². The molecule has 0 spiro atoms. The Morgan fingerprint density at radius 3 is 2.38 bits per heavy atom. The van der Waals surface area contributed by atoms with Gasteiger partial charge in [-0.25, -0.2) is 8.42 Å². The van der Waals surface area contributed by atoms with Gasteiger partial charge in [0.15, 0.2) is 0 Å². The molecule has 0 aromatic heterocycles. The fourth-order valence-corrected chi connectivity index (χ4v) is 4.66. The molecule has 0 aliphatic heterocycles. The van der Waals surface area contributed by atoms with Crippen LogP contribution in [0.2, 0.25) is 10.0 Å². The topological polar surface area (TPSA) is 70.4 Å². The van der Waals surface area contributed by atoms with Crippen LogP contribution in [0.5, 0.6) is 5.75 Å². The summed E-state index contributed by atoms with van der Waals surface area (Å²) in [7, 11) is -2.58. The van der Waals surface area contributed by atoms with Gasteiger partial charge >= 0.3 is 0 Å². The van der Waals surface area contributed by atoms with Crippen molar-refractivity contribution in [2.24, 2.45) is 0 Å². The number of hydrogen-bond acceptors (Lipinski definition) is 4. The molecule has 0 heterocycles. The summed E-state index contributed by atoms with van der Waals surface area (Å²) in [5, 5.41) is 9.80. The van der Waals surface area contributed by atoms with E-state index in [2.05, 4.69) is 6.07 Å². The largest absolute Gasteiger partial charge is 0.495 e. The molecule has 8 heteroatoms. The molecule has 3 aromatic carbocycles. The van der Waals surface area contributed by atoms with Crippen molar-refractivity contribution < 1.29 is 13.2 Å². The lowest BCUT2D eigenvalue weighted by Gasteiger charge is -2.26. The van der Waals surface area contributed by atoms with Crippen LogP contribution in [0.3, 0.4) is 0 Å². The van der Waals surface area contributed by atoms with Crippen molar-refractivity contribution in [2.45, 2.75) is 11.4 Å². The fraction of sp³-hybridized carbons (Fsp3) is 0.0952. The van der Waals surface area contributed by atoms with Crippen LogP contribution in [0.15, 0.2) is 71.6 Å². The molecule has 29 heavy (non-hydrogen) atoms. The zero-order chi connectivity index (χ0) is 21.0. The average Bonchev–Trinajstić information content (AvgIpc) is 2.74. The van der Waals surface area contributed by atoms with E-state index in [0.29, 0.717) is 22.6 Å². The van der Waals surface area contributed by atoms with E-state index < -0.39 is 10.0 Å². The Balaban J connectivity index is 2.19. The van der Waals surface area contributed by atoms with E-state index in [0.717, 1.165) is 0 Å². The van der Waals surface area contributed by atoms with Gasteiger partial charge in [0.1, 0.15) is 5.75 Å². The Bertz CT molecular complexity index is 1190. The second-order valence-electron chi connectivity index (χ2n) is 6.03. The summed E-state index contributed by atoms with van der Waals surface area (Å²) >= 11 is 12.0. The van der Waals surface area contributed by atoms with Crippen molar-refractivity contribution in [1.29, 1.82) is 5.26 Å². The van der Waals surface area contributed by atoms with Crippen molar-refractivity contribution in [2.75, 3.05) is 11.4 Å². The van der Waals surface area contributed by atoms with Crippen LogP contribution in [0.25, 0.3) is 0 Å². The smallest absolute Gasteiger partial charge is 0.264 e. The molecule has 0 saturated heterocycles. The van der Waals surface area contributed by atoms with E-state index in [1.807, 2.05) is 0 Å². The first kappa shape index (κ1) is 21.0. The predicted octanol–water partition coefficient (Wildman–Crippen LogP) is 5.27. The Morgan fingerprint density at radius 1 is 1.00 bits per heavy atom. The molecule has 0 aliphatic rings. The molecule has 0 amide bonds. The van der Waals surface area contributed by atoms with Gasteiger partial charge in [-0.1, -0.05) is 53.5 Å². The minimum Gasteiger partial charge on any atom is -0.495 e. The molecule has 0 saturated carbocycles. The van der Waals surface area contributed by atoms with E-state index in [-0.39, 0.29) is 21.5 Å². The number of ether oxygens (including phenoxy) is 1. The second kappa shape index (κ2) is 8.75. The van der Waals surface area contributed by atoms with Gasteiger partial charge in [0.2, 0.25) is 0 Å². The van der Waals surface area contributed by atoms with Crippen molar-refractivity contribution in [3.8, 4) is 11.8 Å².